The molecule has 0 saturated heterocycles. The largest absolute Gasteiger partial charge is 0.354 e. The third-order valence-electron chi connectivity index (χ3n) is 2.74. The average Bonchev–Trinajstić information content (AvgIpc) is 2.45. The van der Waals surface area contributed by atoms with Crippen LogP contribution in [0, 0.1) is 0 Å². The van der Waals surface area contributed by atoms with Crippen molar-refractivity contribution in [2.45, 2.75) is 12.0 Å². The van der Waals surface area contributed by atoms with Crippen LogP contribution in [0.1, 0.15) is 5.56 Å². The number of benzene rings is 1. The van der Waals surface area contributed by atoms with Gasteiger partial charge in [-0.3, -0.25) is 4.79 Å². The molecule has 1 amide bonds. The highest BCUT2D eigenvalue weighted by Crippen LogP contribution is 2.05. The van der Waals surface area contributed by atoms with Crippen LogP contribution in [0.5, 0.6) is 0 Å². The first kappa shape index (κ1) is 15.3. The topological polar surface area (TPSA) is 81.1 Å². The van der Waals surface area contributed by atoms with Gasteiger partial charge in [-0.1, -0.05) is 42.5 Å². The quantitative estimate of drug-likeness (QED) is 0.629. The van der Waals surface area contributed by atoms with Crippen LogP contribution in [0.4, 0.5) is 4.39 Å². The fourth-order valence-corrected chi connectivity index (χ4v) is 1.59. The molecule has 0 aliphatic heterocycles. The van der Waals surface area contributed by atoms with Gasteiger partial charge in [0.05, 0.1) is 0 Å². The predicted molar refractivity (Wildman–Crippen MR) is 74.2 cm³/mol. The summed E-state index contributed by atoms with van der Waals surface area (Å²) in [6, 6.07) is 9.70. The Hall–Kier alpha value is -1.72. The van der Waals surface area contributed by atoms with E-state index in [9.17, 15) is 9.18 Å². The lowest BCUT2D eigenvalue weighted by molar-refractivity contribution is -0.125. The van der Waals surface area contributed by atoms with Crippen molar-refractivity contribution in [2.75, 3.05) is 19.8 Å². The van der Waals surface area contributed by atoms with E-state index >= 15 is 0 Å². The van der Waals surface area contributed by atoms with Crippen molar-refractivity contribution >= 4 is 5.91 Å². The van der Waals surface area contributed by atoms with Gasteiger partial charge in [0.2, 0.25) is 5.91 Å². The van der Waals surface area contributed by atoms with Crippen LogP contribution < -0.4 is 16.8 Å². The molecule has 0 saturated carbocycles. The standard InChI is InChI=1S/C14H20FN3O/c15-11-14(17,8-4-9-16)13(19)18-10-7-12-5-2-1-3-6-12/h1-6,8H,7,9-11,16-17H2,(H,18,19). The molecule has 0 aliphatic rings. The van der Waals surface area contributed by atoms with Crippen molar-refractivity contribution in [1.29, 1.82) is 0 Å². The minimum Gasteiger partial charge on any atom is -0.354 e. The van der Waals surface area contributed by atoms with Crippen LogP contribution in [0.15, 0.2) is 42.5 Å². The SMILES string of the molecule is NCC=CC(N)(CF)C(=O)NCCc1ccccc1. The highest BCUT2D eigenvalue weighted by Gasteiger charge is 2.30. The van der Waals surface area contributed by atoms with E-state index in [0.717, 1.165) is 5.56 Å². The number of carbonyl (C=O) groups is 1. The molecule has 0 spiro atoms. The van der Waals surface area contributed by atoms with E-state index in [1.54, 1.807) is 0 Å². The van der Waals surface area contributed by atoms with E-state index in [0.29, 0.717) is 13.0 Å². The van der Waals surface area contributed by atoms with Crippen molar-refractivity contribution in [3.8, 4) is 0 Å². The van der Waals surface area contributed by atoms with Crippen LogP contribution in [0.25, 0.3) is 0 Å². The Balaban J connectivity index is 2.47. The van der Waals surface area contributed by atoms with Crippen molar-refractivity contribution in [1.82, 2.24) is 5.32 Å². The van der Waals surface area contributed by atoms with E-state index in [-0.39, 0.29) is 6.54 Å². The maximum atomic E-state index is 12.9. The number of nitrogens with two attached hydrogens (primary N) is 2. The maximum absolute atomic E-state index is 12.9. The smallest absolute Gasteiger partial charge is 0.246 e. The number of rotatable bonds is 7. The molecule has 0 fully saturated rings. The van der Waals surface area contributed by atoms with E-state index in [4.69, 9.17) is 11.5 Å². The zero-order valence-electron chi connectivity index (χ0n) is 10.8. The molecule has 1 aromatic rings. The summed E-state index contributed by atoms with van der Waals surface area (Å²) in [5.74, 6) is -0.532. The summed E-state index contributed by atoms with van der Waals surface area (Å²) in [4.78, 5) is 11.8. The molecule has 0 aromatic heterocycles. The van der Waals surface area contributed by atoms with Gasteiger partial charge in [-0.25, -0.2) is 4.39 Å². The minimum absolute atomic E-state index is 0.218. The zero-order valence-corrected chi connectivity index (χ0v) is 10.8. The summed E-state index contributed by atoms with van der Waals surface area (Å²) in [5, 5.41) is 2.64. The van der Waals surface area contributed by atoms with Crippen molar-refractivity contribution in [3.05, 3.63) is 48.0 Å². The molecular formula is C14H20FN3O. The number of alkyl halides is 1. The molecule has 0 bridgehead atoms. The molecule has 104 valence electrons. The fraction of sp³-hybridized carbons (Fsp3) is 0.357. The van der Waals surface area contributed by atoms with E-state index in [1.165, 1.54) is 12.2 Å². The fourth-order valence-electron chi connectivity index (χ4n) is 1.59. The summed E-state index contributed by atoms with van der Waals surface area (Å²) in [5.41, 5.74) is 10.4. The second-order valence-corrected chi connectivity index (χ2v) is 4.30. The summed E-state index contributed by atoms with van der Waals surface area (Å²) in [6.07, 6.45) is 3.47. The Morgan fingerprint density at radius 3 is 2.63 bits per heavy atom. The minimum atomic E-state index is -1.63. The molecule has 0 aliphatic carbocycles. The Kier molecular flexibility index (Phi) is 6.18. The van der Waals surface area contributed by atoms with Crippen LogP contribution in [-0.2, 0) is 11.2 Å². The molecule has 1 rings (SSSR count). The van der Waals surface area contributed by atoms with Crippen LogP contribution in [-0.4, -0.2) is 31.2 Å². The number of hydrogen-bond donors (Lipinski definition) is 3. The molecule has 0 heterocycles. The van der Waals surface area contributed by atoms with Gasteiger partial charge in [0.15, 0.2) is 0 Å². The lowest BCUT2D eigenvalue weighted by Crippen LogP contribution is -2.54. The second kappa shape index (κ2) is 7.66. The summed E-state index contributed by atoms with van der Waals surface area (Å²) in [7, 11) is 0. The first-order chi connectivity index (χ1) is 9.12. The predicted octanol–water partition coefficient (Wildman–Crippen LogP) is 0.527. The molecule has 5 heteroatoms. The third kappa shape index (κ3) is 4.81. The zero-order chi connectivity index (χ0) is 14.1. The van der Waals surface area contributed by atoms with Gasteiger partial charge in [-0.15, -0.1) is 0 Å². The van der Waals surface area contributed by atoms with Crippen molar-refractivity contribution in [2.24, 2.45) is 11.5 Å². The van der Waals surface area contributed by atoms with Gasteiger partial charge in [-0.05, 0) is 12.0 Å². The lowest BCUT2D eigenvalue weighted by atomic mass is 10.0. The van der Waals surface area contributed by atoms with E-state index < -0.39 is 18.1 Å². The van der Waals surface area contributed by atoms with Gasteiger partial charge >= 0.3 is 0 Å². The van der Waals surface area contributed by atoms with Crippen molar-refractivity contribution < 1.29 is 9.18 Å². The van der Waals surface area contributed by atoms with Crippen LogP contribution in [0.2, 0.25) is 0 Å². The Morgan fingerprint density at radius 2 is 2.05 bits per heavy atom. The molecule has 1 atom stereocenters. The molecule has 1 unspecified atom stereocenters. The summed E-state index contributed by atoms with van der Waals surface area (Å²) < 4.78 is 12.9. The van der Waals surface area contributed by atoms with Gasteiger partial charge in [0.25, 0.3) is 0 Å². The summed E-state index contributed by atoms with van der Waals surface area (Å²) >= 11 is 0. The average molecular weight is 265 g/mol. The summed E-state index contributed by atoms with van der Waals surface area (Å²) in [6.45, 7) is -0.324. The van der Waals surface area contributed by atoms with Gasteiger partial charge < -0.3 is 16.8 Å². The molecule has 1 aromatic carbocycles. The Labute approximate surface area is 112 Å². The number of hydrogen-bond acceptors (Lipinski definition) is 3. The van der Waals surface area contributed by atoms with Gasteiger partial charge in [0.1, 0.15) is 12.2 Å². The molecule has 5 N–H and O–H groups in total. The maximum Gasteiger partial charge on any atom is 0.246 e. The second-order valence-electron chi connectivity index (χ2n) is 4.30. The molecule has 4 nitrogen and oxygen atoms in total. The Bertz CT molecular complexity index is 422. The lowest BCUT2D eigenvalue weighted by Gasteiger charge is -2.21. The van der Waals surface area contributed by atoms with Gasteiger partial charge in [-0.2, -0.15) is 0 Å². The molecular weight excluding hydrogens is 245 g/mol. The van der Waals surface area contributed by atoms with E-state index in [1.807, 2.05) is 30.3 Å². The van der Waals surface area contributed by atoms with Crippen molar-refractivity contribution in [3.63, 3.8) is 0 Å². The molecule has 19 heavy (non-hydrogen) atoms. The Morgan fingerprint density at radius 1 is 1.37 bits per heavy atom. The van der Waals surface area contributed by atoms with Crippen LogP contribution in [0.3, 0.4) is 0 Å². The monoisotopic (exact) mass is 265 g/mol. The van der Waals surface area contributed by atoms with Crippen LogP contribution >= 0.6 is 0 Å². The first-order valence-corrected chi connectivity index (χ1v) is 6.17. The third-order valence-corrected chi connectivity index (χ3v) is 2.74. The first-order valence-electron chi connectivity index (χ1n) is 6.17. The normalized spacial score (nSPS) is 14.3. The number of carbonyl (C=O) groups excluding carboxylic acids is 1. The molecule has 0 radical (unpaired) electrons. The van der Waals surface area contributed by atoms with Gasteiger partial charge in [0, 0.05) is 13.1 Å². The number of halogens is 1. The highest BCUT2D eigenvalue weighted by atomic mass is 19.1. The number of nitrogens with one attached hydrogen (secondary N) is 1. The number of amides is 1. The van der Waals surface area contributed by atoms with E-state index in [2.05, 4.69) is 5.32 Å². The highest BCUT2D eigenvalue weighted by molar-refractivity contribution is 5.88.